The van der Waals surface area contributed by atoms with Gasteiger partial charge in [-0.25, -0.2) is 22.1 Å². The van der Waals surface area contributed by atoms with E-state index in [1.165, 1.54) is 41.5 Å². The molecule has 2 aromatic rings. The molecule has 1 aliphatic rings. The number of benzene rings is 1. The van der Waals surface area contributed by atoms with E-state index in [1.807, 2.05) is 54.7 Å². The number of nitrogens with one attached hydrogen (secondary N) is 4. The van der Waals surface area contributed by atoms with Gasteiger partial charge in [-0.15, -0.1) is 0 Å². The van der Waals surface area contributed by atoms with Crippen LogP contribution in [0.2, 0.25) is 0 Å². The van der Waals surface area contributed by atoms with Gasteiger partial charge in [0.05, 0.1) is 64.4 Å². The lowest BCUT2D eigenvalue weighted by molar-refractivity contribution is -0.153. The zero-order valence-corrected chi connectivity index (χ0v) is 58.1. The molecular weight excluding hydrogens is 1180 g/mol. The molecule has 1 aromatic heterocycles. The van der Waals surface area contributed by atoms with Crippen molar-refractivity contribution >= 4 is 50.3 Å². The van der Waals surface area contributed by atoms with Crippen LogP contribution in [-0.4, -0.2) is 127 Å². The summed E-state index contributed by atoms with van der Waals surface area (Å²) in [4.78, 5) is 112. The van der Waals surface area contributed by atoms with Gasteiger partial charge in [0.25, 0.3) is 0 Å². The summed E-state index contributed by atoms with van der Waals surface area (Å²) in [5.74, 6) is -15.0. The molecule has 22 nitrogen and oxygen atoms in total. The smallest absolute Gasteiger partial charge is 0.126 e. The lowest BCUT2D eigenvalue weighted by Crippen LogP contribution is -2.61. The summed E-state index contributed by atoms with van der Waals surface area (Å²) in [5, 5.41) is 73.3. The quantitative estimate of drug-likeness (QED) is 0.0276. The number of nitrogens with zero attached hydrogens (tertiary/aromatic N) is 6. The van der Waals surface area contributed by atoms with Gasteiger partial charge in [-0.2, -0.15) is 25.6 Å². The molecule has 8 N–H and O–H groups in total. The van der Waals surface area contributed by atoms with Gasteiger partial charge in [-0.05, 0) is 157 Å². The Kier molecular flexibility index (Phi) is 29.8. The monoisotopic (exact) mass is 1290 g/mol. The van der Waals surface area contributed by atoms with Crippen molar-refractivity contribution < 1.29 is 58.8 Å². The van der Waals surface area contributed by atoms with E-state index in [4.69, 9.17) is 22.1 Å². The normalized spacial score (nSPS) is 36.5. The first-order chi connectivity index (χ1) is 43.4. The summed E-state index contributed by atoms with van der Waals surface area (Å²) < 4.78 is 1.72. The predicted octanol–water partition coefficient (Wildman–Crippen LogP) is 11.1. The van der Waals surface area contributed by atoms with Crippen LogP contribution in [0.25, 0.3) is 0 Å². The molecule has 0 aliphatic heterocycles. The molecule has 0 saturated heterocycles. The Hall–Kier alpha value is -6.41. The minimum Gasteiger partial charge on any atom is -0.392 e. The maximum atomic E-state index is 14.7. The van der Waals surface area contributed by atoms with Gasteiger partial charge in [0.2, 0.25) is 0 Å². The van der Waals surface area contributed by atoms with E-state index in [9.17, 15) is 58.8 Å². The second-order valence-electron chi connectivity index (χ2n) is 30.6. The van der Waals surface area contributed by atoms with E-state index in [0.717, 1.165) is 5.56 Å². The van der Waals surface area contributed by atoms with Crippen molar-refractivity contribution in [2.75, 3.05) is 0 Å². The third-order valence-corrected chi connectivity index (χ3v) is 21.1. The molecule has 93 heavy (non-hydrogen) atoms. The maximum absolute atomic E-state index is 14.7. The van der Waals surface area contributed by atoms with Crippen molar-refractivity contribution in [3.8, 4) is 11.8 Å². The summed E-state index contributed by atoms with van der Waals surface area (Å²) in [6.07, 6.45) is 0.231. The molecule has 1 heterocycles. The van der Waals surface area contributed by atoms with Crippen LogP contribution in [0.4, 0.5) is 0 Å². The van der Waals surface area contributed by atoms with Crippen molar-refractivity contribution in [3.63, 3.8) is 0 Å². The average Bonchev–Trinajstić information content (AvgIpc) is 1.01. The van der Waals surface area contributed by atoms with Gasteiger partial charge in [0.15, 0.2) is 0 Å². The van der Waals surface area contributed by atoms with E-state index in [0.29, 0.717) is 68.0 Å². The van der Waals surface area contributed by atoms with Crippen LogP contribution in [0.5, 0.6) is 0 Å². The largest absolute Gasteiger partial charge is 0.392 e. The summed E-state index contributed by atoms with van der Waals surface area (Å²) in [6.45, 7) is 29.5. The number of hydrogen-bond acceptors (Lipinski definition) is 21. The Morgan fingerprint density at radius 1 is 0.559 bits per heavy atom. The summed E-state index contributed by atoms with van der Waals surface area (Å²) in [7, 11) is 0. The van der Waals surface area contributed by atoms with Crippen molar-refractivity contribution in [2.24, 2.45) is 132 Å². The molecule has 1 fully saturated rings. The molecule has 22 unspecified atom stereocenters. The van der Waals surface area contributed by atoms with Gasteiger partial charge in [0.1, 0.15) is 50.3 Å². The van der Waals surface area contributed by atoms with Crippen LogP contribution in [0.3, 0.4) is 0 Å². The SMILES string of the molecule is CC(C)CC1C(C=O)C(O)C(C)C(C=O)C(C)(N=N)C(CC(C)C)C(C=O)C(O)CC(C=O)C(C)(N=N)C(CC(C)C)C(C=O)C(O)(Cc2ccc(Cn3cc(C#CC(C)(C)C)cn3)cc2)C(C)C(C=O)C(C)(N=N)C(CC(C)C)C(C=O)C(O)CC(C=O)C1(C)N=N. The van der Waals surface area contributed by atoms with Crippen molar-refractivity contribution in [3.05, 3.63) is 53.3 Å². The molecule has 0 amide bonds. The second kappa shape index (κ2) is 34.3. The summed E-state index contributed by atoms with van der Waals surface area (Å²) >= 11 is 0. The molecule has 1 saturated carbocycles. The molecule has 1 aromatic carbocycles. The number of hydrogen-bond donors (Lipinski definition) is 8. The number of carbonyl (C=O) groups is 8. The number of carbonyl (C=O) groups excluding carboxylic acids is 8. The highest BCUT2D eigenvalue weighted by molar-refractivity contribution is 5.65. The minimum absolute atomic E-state index is 0.00374. The zero-order chi connectivity index (χ0) is 70.9. The standard InChI is InChI=1S/C71H110N10O12/c1-42(2)24-56-53(36-84)64(91)29-52(35-83)68(15,78-73)59(27-45(7)8)62(41-89)71(93,30-48-18-20-49(21-19-48)32-81-33-50(31-76-81)22-23-66(11,12)13)47(10)61(40-88)70(17,80-75)57(25-43(3)4)54(37-85)63(90)28-51(34-82)67(14,77-72)58(26-44(5)6)55(38-86)65(92)46(9)60(39-87)69(56,16)79-74/h18-21,31,33-47,51-65,72-75,90-93H,24-30,32H2,1-17H3. The van der Waals surface area contributed by atoms with Gasteiger partial charge >= 0.3 is 0 Å². The Morgan fingerprint density at radius 2 is 0.935 bits per heavy atom. The molecule has 1 aliphatic carbocycles. The Balaban J connectivity index is 2.70. The maximum Gasteiger partial charge on any atom is 0.126 e. The highest BCUT2D eigenvalue weighted by Gasteiger charge is 2.61. The zero-order valence-electron chi connectivity index (χ0n) is 58.1. The predicted molar refractivity (Wildman–Crippen MR) is 351 cm³/mol. The van der Waals surface area contributed by atoms with Crippen molar-refractivity contribution in [2.45, 2.75) is 215 Å². The van der Waals surface area contributed by atoms with Crippen molar-refractivity contribution in [1.29, 1.82) is 22.1 Å². The number of aliphatic hydroxyl groups excluding tert-OH is 3. The molecule has 0 radical (unpaired) electrons. The second-order valence-corrected chi connectivity index (χ2v) is 30.6. The molecule has 22 heteroatoms. The molecule has 0 bridgehead atoms. The first-order valence-electron chi connectivity index (χ1n) is 33.0. The topological polar surface area (TPSA) is 380 Å². The molecular formula is C71H110N10O12. The minimum atomic E-state index is -2.43. The average molecular weight is 1300 g/mol. The number of aliphatic hydroxyl groups is 4. The van der Waals surface area contributed by atoms with Gasteiger partial charge < -0.3 is 58.8 Å². The number of aromatic nitrogens is 2. The fourth-order valence-corrected chi connectivity index (χ4v) is 15.5. The summed E-state index contributed by atoms with van der Waals surface area (Å²) in [5.41, 5.74) is 27.2. The van der Waals surface area contributed by atoms with Crippen LogP contribution in [-0.2, 0) is 51.3 Å². The van der Waals surface area contributed by atoms with E-state index < -0.39 is 148 Å². The Bertz CT molecular complexity index is 2920. The van der Waals surface area contributed by atoms with E-state index in [1.54, 1.807) is 62.8 Å². The highest BCUT2D eigenvalue weighted by atomic mass is 16.3. The van der Waals surface area contributed by atoms with E-state index in [-0.39, 0.29) is 54.8 Å². The number of rotatable bonds is 24. The van der Waals surface area contributed by atoms with E-state index in [2.05, 4.69) is 37.4 Å². The molecule has 0 spiro atoms. The Labute approximate surface area is 551 Å². The van der Waals surface area contributed by atoms with Crippen LogP contribution in [0.15, 0.2) is 57.1 Å². The van der Waals surface area contributed by atoms with Crippen LogP contribution in [0.1, 0.15) is 173 Å². The fraction of sp³-hybridized carbons (Fsp3) is 0.732. The first kappa shape index (κ1) is 80.8. The van der Waals surface area contributed by atoms with Crippen molar-refractivity contribution in [1.82, 2.24) is 9.78 Å². The number of aldehydes is 8. The van der Waals surface area contributed by atoms with E-state index >= 15 is 0 Å². The van der Waals surface area contributed by atoms with Crippen LogP contribution < -0.4 is 0 Å². The molecule has 3 rings (SSSR count). The van der Waals surface area contributed by atoms with Gasteiger partial charge in [-0.3, -0.25) is 4.68 Å². The van der Waals surface area contributed by atoms with Gasteiger partial charge in [0, 0.05) is 65.4 Å². The van der Waals surface area contributed by atoms with Crippen LogP contribution in [0, 0.1) is 146 Å². The third kappa shape index (κ3) is 18.5. The molecule has 516 valence electrons. The summed E-state index contributed by atoms with van der Waals surface area (Å²) in [6, 6.07) is 7.09. The third-order valence-electron chi connectivity index (χ3n) is 21.1. The lowest BCUT2D eigenvalue weighted by atomic mass is 9.54. The van der Waals surface area contributed by atoms with Crippen LogP contribution >= 0.6 is 0 Å². The van der Waals surface area contributed by atoms with Gasteiger partial charge in [-0.1, -0.05) is 105 Å². The highest BCUT2D eigenvalue weighted by Crippen LogP contribution is 2.53. The lowest BCUT2D eigenvalue weighted by Gasteiger charge is -2.52. The fourth-order valence-electron chi connectivity index (χ4n) is 15.5. The first-order valence-corrected chi connectivity index (χ1v) is 33.0. The Morgan fingerprint density at radius 3 is 1.30 bits per heavy atom. The molecule has 22 atom stereocenters.